The maximum Gasteiger partial charge on any atom is 0.364 e. The first-order chi connectivity index (χ1) is 10.7. The second-order valence-electron chi connectivity index (χ2n) is 5.11. The molecule has 0 radical (unpaired) electrons. The van der Waals surface area contributed by atoms with Gasteiger partial charge in [0.05, 0.1) is 18.8 Å². The van der Waals surface area contributed by atoms with Crippen LogP contribution in [0.1, 0.15) is 6.42 Å². The zero-order chi connectivity index (χ0) is 17.8. The Balaban J connectivity index is 3.14. The lowest BCUT2D eigenvalue weighted by molar-refractivity contribution is -0.303. The summed E-state index contributed by atoms with van der Waals surface area (Å²) in [5, 5.41) is 52.6. The fourth-order valence-electron chi connectivity index (χ4n) is 2.33. The van der Waals surface area contributed by atoms with E-state index in [1.807, 2.05) is 0 Å². The van der Waals surface area contributed by atoms with Crippen LogP contribution in [0.5, 0.6) is 0 Å². The van der Waals surface area contributed by atoms with Gasteiger partial charge in [-0.3, -0.25) is 0 Å². The number of aliphatic hydroxyl groups excluding tert-OH is 4. The van der Waals surface area contributed by atoms with Crippen molar-refractivity contribution in [2.24, 2.45) is 0 Å². The molecular weight excluding hydrogens is 316 g/mol. The van der Waals surface area contributed by atoms with E-state index in [2.05, 4.69) is 10.6 Å². The van der Waals surface area contributed by atoms with Crippen molar-refractivity contribution in [1.29, 1.82) is 0 Å². The largest absolute Gasteiger partial charge is 0.477 e. The first kappa shape index (κ1) is 19.5. The predicted molar refractivity (Wildman–Crippen MR) is 73.4 cm³/mol. The maximum atomic E-state index is 11.5. The van der Waals surface area contributed by atoms with Crippen LogP contribution in [0.15, 0.2) is 0 Å². The summed E-state index contributed by atoms with van der Waals surface area (Å²) in [5.74, 6) is -3.81. The topological polar surface area (TPSA) is 178 Å². The Kier molecular flexibility index (Phi) is 6.68. The van der Waals surface area contributed by atoms with Gasteiger partial charge in [-0.05, 0) is 0 Å². The smallest absolute Gasteiger partial charge is 0.364 e. The lowest BCUT2D eigenvalue weighted by atomic mass is 9.88. The second-order valence-corrected chi connectivity index (χ2v) is 5.11. The normalized spacial score (nSPS) is 33.6. The van der Waals surface area contributed by atoms with Crippen molar-refractivity contribution in [3.63, 3.8) is 0 Å². The van der Waals surface area contributed by atoms with Crippen LogP contribution in [0.4, 0.5) is 4.79 Å². The number of carbonyl (C=O) groups is 2. The molecule has 1 saturated heterocycles. The van der Waals surface area contributed by atoms with E-state index < -0.39 is 61.3 Å². The first-order valence-electron chi connectivity index (χ1n) is 6.82. The molecule has 1 aliphatic heterocycles. The van der Waals surface area contributed by atoms with Gasteiger partial charge in [0.25, 0.3) is 5.79 Å². The summed E-state index contributed by atoms with van der Waals surface area (Å²) < 4.78 is 10.1. The summed E-state index contributed by atoms with van der Waals surface area (Å²) in [6, 6.07) is -1.96. The van der Waals surface area contributed by atoms with Gasteiger partial charge in [0.2, 0.25) is 0 Å². The van der Waals surface area contributed by atoms with E-state index in [-0.39, 0.29) is 0 Å². The van der Waals surface area contributed by atoms with E-state index in [9.17, 15) is 30.0 Å². The molecule has 6 atom stereocenters. The molecule has 7 N–H and O–H groups in total. The van der Waals surface area contributed by atoms with Crippen molar-refractivity contribution in [2.75, 3.05) is 20.8 Å². The summed E-state index contributed by atoms with van der Waals surface area (Å²) >= 11 is 0. The molecule has 11 nitrogen and oxygen atoms in total. The third-order valence-electron chi connectivity index (χ3n) is 3.67. The Morgan fingerprint density at radius 3 is 2.48 bits per heavy atom. The number of nitrogens with one attached hydrogen (secondary N) is 2. The number of carboxylic acid groups (broad SMARTS) is 1. The van der Waals surface area contributed by atoms with Crippen molar-refractivity contribution in [1.82, 2.24) is 10.6 Å². The van der Waals surface area contributed by atoms with Gasteiger partial charge in [0.1, 0.15) is 18.3 Å². The van der Waals surface area contributed by atoms with Crippen LogP contribution in [-0.4, -0.2) is 94.5 Å². The molecule has 0 spiro atoms. The molecule has 134 valence electrons. The third-order valence-corrected chi connectivity index (χ3v) is 3.67. The Labute approximate surface area is 131 Å². The zero-order valence-corrected chi connectivity index (χ0v) is 12.7. The Morgan fingerprint density at radius 1 is 1.43 bits per heavy atom. The van der Waals surface area contributed by atoms with Gasteiger partial charge in [-0.1, -0.05) is 0 Å². The molecule has 1 fully saturated rings. The van der Waals surface area contributed by atoms with Crippen molar-refractivity contribution in [3.05, 3.63) is 0 Å². The molecule has 0 bridgehead atoms. The fraction of sp³-hybridized carbons (Fsp3) is 0.833. The zero-order valence-electron chi connectivity index (χ0n) is 12.7. The minimum Gasteiger partial charge on any atom is -0.477 e. The minimum absolute atomic E-state index is 0.522. The predicted octanol–water partition coefficient (Wildman–Crippen LogP) is -3.42. The number of aliphatic hydroxyl groups is 4. The lowest BCUT2D eigenvalue weighted by Gasteiger charge is -2.46. The van der Waals surface area contributed by atoms with Crippen molar-refractivity contribution < 1.29 is 44.6 Å². The van der Waals surface area contributed by atoms with E-state index in [4.69, 9.17) is 14.6 Å². The number of amides is 2. The minimum atomic E-state index is -2.26. The number of ether oxygens (including phenoxy) is 2. The molecule has 11 heteroatoms. The van der Waals surface area contributed by atoms with Gasteiger partial charge in [0, 0.05) is 20.6 Å². The Morgan fingerprint density at radius 2 is 2.04 bits per heavy atom. The highest BCUT2D eigenvalue weighted by molar-refractivity contribution is 5.76. The number of rotatable bonds is 6. The van der Waals surface area contributed by atoms with Gasteiger partial charge in [-0.25, -0.2) is 9.59 Å². The summed E-state index contributed by atoms with van der Waals surface area (Å²) in [7, 11) is 2.36. The number of hydrogen-bond donors (Lipinski definition) is 7. The van der Waals surface area contributed by atoms with Gasteiger partial charge < -0.3 is 45.6 Å². The number of hydrogen-bond acceptors (Lipinski definition) is 8. The molecule has 0 aromatic heterocycles. The molecule has 0 unspecified atom stereocenters. The molecule has 0 saturated carbocycles. The number of carbonyl (C=O) groups excluding carboxylic acids is 1. The van der Waals surface area contributed by atoms with Crippen molar-refractivity contribution in [2.45, 2.75) is 42.7 Å². The molecular formula is C12H22N2O9. The Hall–Kier alpha value is -1.50. The molecule has 0 aliphatic carbocycles. The number of aliphatic carboxylic acids is 1. The van der Waals surface area contributed by atoms with Crippen molar-refractivity contribution >= 4 is 12.0 Å². The fourth-order valence-corrected chi connectivity index (χ4v) is 2.33. The van der Waals surface area contributed by atoms with E-state index >= 15 is 0 Å². The number of urea groups is 1. The molecule has 1 heterocycles. The highest BCUT2D eigenvalue weighted by Gasteiger charge is 2.55. The van der Waals surface area contributed by atoms with Crippen LogP contribution in [-0.2, 0) is 14.3 Å². The van der Waals surface area contributed by atoms with Gasteiger partial charge in [0.15, 0.2) is 0 Å². The highest BCUT2D eigenvalue weighted by atomic mass is 16.7. The average molecular weight is 338 g/mol. The summed E-state index contributed by atoms with van der Waals surface area (Å²) in [4.78, 5) is 22.9. The molecule has 23 heavy (non-hydrogen) atoms. The van der Waals surface area contributed by atoms with Crippen LogP contribution >= 0.6 is 0 Å². The average Bonchev–Trinajstić information content (AvgIpc) is 2.54. The molecule has 2 amide bonds. The van der Waals surface area contributed by atoms with Gasteiger partial charge in [-0.2, -0.15) is 0 Å². The van der Waals surface area contributed by atoms with E-state index in [0.717, 1.165) is 7.11 Å². The van der Waals surface area contributed by atoms with Gasteiger partial charge in [-0.15, -0.1) is 0 Å². The first-order valence-corrected chi connectivity index (χ1v) is 6.82. The quantitative estimate of drug-likeness (QED) is 0.260. The molecule has 1 rings (SSSR count). The molecule has 1 aliphatic rings. The number of carboxylic acids is 1. The van der Waals surface area contributed by atoms with Crippen LogP contribution in [0.3, 0.4) is 0 Å². The molecule has 0 aromatic rings. The lowest BCUT2D eigenvalue weighted by Crippen LogP contribution is -2.68. The molecule has 0 aromatic carbocycles. The van der Waals surface area contributed by atoms with E-state index in [0.29, 0.717) is 0 Å². The summed E-state index contributed by atoms with van der Waals surface area (Å²) in [6.45, 7) is -0.836. The highest BCUT2D eigenvalue weighted by Crippen LogP contribution is 2.32. The van der Waals surface area contributed by atoms with Crippen LogP contribution in [0.2, 0.25) is 0 Å². The van der Waals surface area contributed by atoms with Gasteiger partial charge >= 0.3 is 12.0 Å². The monoisotopic (exact) mass is 338 g/mol. The van der Waals surface area contributed by atoms with Crippen molar-refractivity contribution in [3.8, 4) is 0 Å². The summed E-state index contributed by atoms with van der Waals surface area (Å²) in [5.41, 5.74) is 0. The van der Waals surface area contributed by atoms with Crippen LogP contribution in [0.25, 0.3) is 0 Å². The maximum absolute atomic E-state index is 11.5. The van der Waals surface area contributed by atoms with E-state index in [1.54, 1.807) is 0 Å². The Bertz CT molecular complexity index is 435. The van der Waals surface area contributed by atoms with Crippen LogP contribution < -0.4 is 10.6 Å². The van der Waals surface area contributed by atoms with E-state index in [1.165, 1.54) is 7.05 Å². The number of methoxy groups -OCH3 is 1. The van der Waals surface area contributed by atoms with Crippen LogP contribution in [0, 0.1) is 0 Å². The third kappa shape index (κ3) is 4.07. The second kappa shape index (κ2) is 7.86. The SMILES string of the molecule is CNC(=O)N[C@H]1[C@H]([C@H](O)[C@H](O)CO)O[C@](OC)(C(=O)O)C[C@@H]1O. The standard InChI is InChI=1S/C12H22N2O9/c1-13-11(21)14-7-5(16)3-12(22-2,10(19)20)23-9(7)8(18)6(17)4-15/h5-9,15-18H,3-4H2,1-2H3,(H,19,20)(H2,13,14,21)/t5-,6+,7+,8+,9+,12-/m0/s1. The summed E-state index contributed by atoms with van der Waals surface area (Å²) in [6.07, 6.45) is -6.99.